The maximum Gasteiger partial charge on any atom is 0.224 e. The van der Waals surface area contributed by atoms with Crippen molar-refractivity contribution in [1.82, 2.24) is 0 Å². The molecule has 0 spiro atoms. The van der Waals surface area contributed by atoms with Crippen molar-refractivity contribution in [2.24, 2.45) is 0 Å². The molecule has 0 heterocycles. The van der Waals surface area contributed by atoms with Crippen LogP contribution >= 0.6 is 15.9 Å². The number of amides is 1. The Kier molecular flexibility index (Phi) is 7.51. The highest BCUT2D eigenvalue weighted by Crippen LogP contribution is 2.29. The smallest absolute Gasteiger partial charge is 0.224 e. The lowest BCUT2D eigenvalue weighted by molar-refractivity contribution is -0.116. The largest absolute Gasteiger partial charge is 0.495 e. The molecule has 140 valence electrons. The number of carbonyl (C=O) groups excluding carboxylic acids is 1. The van der Waals surface area contributed by atoms with Crippen LogP contribution in [0.3, 0.4) is 0 Å². The first kappa shape index (κ1) is 20.3. The van der Waals surface area contributed by atoms with Gasteiger partial charge in [-0.1, -0.05) is 26.0 Å². The average molecular weight is 420 g/mol. The highest BCUT2D eigenvalue weighted by Gasteiger charge is 2.09. The molecule has 0 aliphatic carbocycles. The minimum atomic E-state index is -0.0493. The van der Waals surface area contributed by atoms with E-state index in [1.165, 1.54) is 5.56 Å². The first-order valence-electron chi connectivity index (χ1n) is 8.77. The second kappa shape index (κ2) is 9.62. The van der Waals surface area contributed by atoms with Crippen LogP contribution in [0.15, 0.2) is 40.9 Å². The molecule has 5 heteroatoms. The van der Waals surface area contributed by atoms with Gasteiger partial charge in [-0.15, -0.1) is 0 Å². The summed E-state index contributed by atoms with van der Waals surface area (Å²) >= 11 is 3.55. The van der Waals surface area contributed by atoms with E-state index < -0.39 is 0 Å². The molecule has 0 aromatic heterocycles. The molecule has 0 aliphatic rings. The van der Waals surface area contributed by atoms with Crippen LogP contribution in [-0.4, -0.2) is 19.6 Å². The van der Waals surface area contributed by atoms with Gasteiger partial charge in [-0.2, -0.15) is 0 Å². The van der Waals surface area contributed by atoms with E-state index >= 15 is 0 Å². The maximum absolute atomic E-state index is 12.2. The molecule has 0 radical (unpaired) electrons. The second-order valence-corrected chi connectivity index (χ2v) is 7.40. The molecular formula is C21H26BrNO3. The van der Waals surface area contributed by atoms with Crippen LogP contribution in [0.2, 0.25) is 0 Å². The van der Waals surface area contributed by atoms with Crippen molar-refractivity contribution in [3.05, 3.63) is 52.0 Å². The number of hydrogen-bond donors (Lipinski definition) is 1. The Labute approximate surface area is 164 Å². The summed E-state index contributed by atoms with van der Waals surface area (Å²) in [5.74, 6) is 1.89. The van der Waals surface area contributed by atoms with E-state index in [0.29, 0.717) is 36.8 Å². The van der Waals surface area contributed by atoms with Crippen LogP contribution < -0.4 is 14.8 Å². The van der Waals surface area contributed by atoms with Crippen LogP contribution in [0.25, 0.3) is 0 Å². The summed E-state index contributed by atoms with van der Waals surface area (Å²) in [6.07, 6.45) is 1.02. The number of hydrogen-bond acceptors (Lipinski definition) is 3. The van der Waals surface area contributed by atoms with Gasteiger partial charge in [0.05, 0.1) is 23.9 Å². The van der Waals surface area contributed by atoms with Gasteiger partial charge in [-0.25, -0.2) is 0 Å². The fourth-order valence-electron chi connectivity index (χ4n) is 2.54. The SMILES string of the molecule is COc1ccc(C)cc1NC(=O)CCCOc1ccc(C(C)C)cc1Br. The molecule has 0 atom stereocenters. The van der Waals surface area contributed by atoms with Gasteiger partial charge in [0.1, 0.15) is 11.5 Å². The van der Waals surface area contributed by atoms with Crippen molar-refractivity contribution < 1.29 is 14.3 Å². The van der Waals surface area contributed by atoms with E-state index in [1.54, 1.807) is 7.11 Å². The van der Waals surface area contributed by atoms with Crippen molar-refractivity contribution >= 4 is 27.5 Å². The highest BCUT2D eigenvalue weighted by atomic mass is 79.9. The van der Waals surface area contributed by atoms with Gasteiger partial charge in [0.15, 0.2) is 0 Å². The molecule has 0 bridgehead atoms. The van der Waals surface area contributed by atoms with E-state index in [2.05, 4.69) is 47.2 Å². The van der Waals surface area contributed by atoms with E-state index in [-0.39, 0.29) is 5.91 Å². The Hall–Kier alpha value is -2.01. The van der Waals surface area contributed by atoms with Crippen LogP contribution in [0.1, 0.15) is 43.7 Å². The molecule has 2 rings (SSSR count). The van der Waals surface area contributed by atoms with Gasteiger partial charge >= 0.3 is 0 Å². The number of rotatable bonds is 8. The summed E-state index contributed by atoms with van der Waals surface area (Å²) in [6.45, 7) is 6.78. The van der Waals surface area contributed by atoms with E-state index in [9.17, 15) is 4.79 Å². The highest BCUT2D eigenvalue weighted by molar-refractivity contribution is 9.10. The predicted molar refractivity (Wildman–Crippen MR) is 109 cm³/mol. The van der Waals surface area contributed by atoms with Gasteiger partial charge in [0.2, 0.25) is 5.91 Å². The normalized spacial score (nSPS) is 10.7. The molecule has 2 aromatic rings. The number of anilines is 1. The fraction of sp³-hybridized carbons (Fsp3) is 0.381. The van der Waals surface area contributed by atoms with E-state index in [4.69, 9.17) is 9.47 Å². The molecule has 0 fully saturated rings. The van der Waals surface area contributed by atoms with Crippen molar-refractivity contribution in [2.45, 2.75) is 39.5 Å². The van der Waals surface area contributed by atoms with Gasteiger partial charge in [0, 0.05) is 6.42 Å². The Balaban J connectivity index is 1.81. The molecule has 0 saturated carbocycles. The summed E-state index contributed by atoms with van der Waals surface area (Å²) in [5, 5.41) is 2.90. The third kappa shape index (κ3) is 5.77. The zero-order chi connectivity index (χ0) is 19.1. The maximum atomic E-state index is 12.2. The summed E-state index contributed by atoms with van der Waals surface area (Å²) in [6, 6.07) is 11.8. The number of nitrogens with one attached hydrogen (secondary N) is 1. The lowest BCUT2D eigenvalue weighted by atomic mass is 10.0. The van der Waals surface area contributed by atoms with Crippen LogP contribution in [-0.2, 0) is 4.79 Å². The average Bonchev–Trinajstić information content (AvgIpc) is 2.59. The third-order valence-electron chi connectivity index (χ3n) is 4.06. The first-order chi connectivity index (χ1) is 12.4. The monoisotopic (exact) mass is 419 g/mol. The van der Waals surface area contributed by atoms with Gasteiger partial charge < -0.3 is 14.8 Å². The molecule has 1 N–H and O–H groups in total. The number of ether oxygens (including phenoxy) is 2. The second-order valence-electron chi connectivity index (χ2n) is 6.55. The fourth-order valence-corrected chi connectivity index (χ4v) is 3.05. The molecule has 1 amide bonds. The summed E-state index contributed by atoms with van der Waals surface area (Å²) < 4.78 is 12.0. The van der Waals surface area contributed by atoms with Crippen molar-refractivity contribution in [3.8, 4) is 11.5 Å². The lowest BCUT2D eigenvalue weighted by Crippen LogP contribution is -2.13. The minimum absolute atomic E-state index is 0.0493. The van der Waals surface area contributed by atoms with Gasteiger partial charge in [0.25, 0.3) is 0 Å². The Morgan fingerprint density at radius 2 is 1.88 bits per heavy atom. The zero-order valence-corrected chi connectivity index (χ0v) is 17.4. The number of benzene rings is 2. The molecule has 26 heavy (non-hydrogen) atoms. The van der Waals surface area contributed by atoms with Crippen LogP contribution in [0, 0.1) is 6.92 Å². The van der Waals surface area contributed by atoms with Crippen molar-refractivity contribution in [2.75, 3.05) is 19.0 Å². The Morgan fingerprint density at radius 3 is 2.54 bits per heavy atom. The number of methoxy groups -OCH3 is 1. The predicted octanol–water partition coefficient (Wildman–Crippen LogP) is 5.69. The standard InChI is InChI=1S/C21H26BrNO3/c1-14(2)16-8-10-19(17(22)13-16)26-11-5-6-21(24)23-18-12-15(3)7-9-20(18)25-4/h7-10,12-14H,5-6,11H2,1-4H3,(H,23,24). The number of halogens is 1. The topological polar surface area (TPSA) is 47.6 Å². The number of aryl methyl sites for hydroxylation is 1. The van der Waals surface area contributed by atoms with E-state index in [1.807, 2.05) is 31.2 Å². The van der Waals surface area contributed by atoms with Crippen molar-refractivity contribution in [3.63, 3.8) is 0 Å². The molecule has 4 nitrogen and oxygen atoms in total. The Bertz CT molecular complexity index is 759. The van der Waals surface area contributed by atoms with E-state index in [0.717, 1.165) is 15.8 Å². The van der Waals surface area contributed by atoms with Crippen molar-refractivity contribution in [1.29, 1.82) is 0 Å². The summed E-state index contributed by atoms with van der Waals surface area (Å²) in [5.41, 5.74) is 3.03. The zero-order valence-electron chi connectivity index (χ0n) is 15.8. The summed E-state index contributed by atoms with van der Waals surface area (Å²) in [7, 11) is 1.59. The van der Waals surface area contributed by atoms with Crippen LogP contribution in [0.5, 0.6) is 11.5 Å². The third-order valence-corrected chi connectivity index (χ3v) is 4.68. The molecule has 0 aliphatic heterocycles. The molecule has 2 aromatic carbocycles. The quantitative estimate of drug-likeness (QED) is 0.559. The van der Waals surface area contributed by atoms with Gasteiger partial charge in [-0.05, 0) is 70.6 Å². The van der Waals surface area contributed by atoms with Crippen LogP contribution in [0.4, 0.5) is 5.69 Å². The summed E-state index contributed by atoms with van der Waals surface area (Å²) in [4.78, 5) is 12.2. The molecular weight excluding hydrogens is 394 g/mol. The Morgan fingerprint density at radius 1 is 1.15 bits per heavy atom. The minimum Gasteiger partial charge on any atom is -0.495 e. The first-order valence-corrected chi connectivity index (χ1v) is 9.56. The molecule has 0 saturated heterocycles. The number of carbonyl (C=O) groups is 1. The van der Waals surface area contributed by atoms with Gasteiger partial charge in [-0.3, -0.25) is 4.79 Å². The lowest BCUT2D eigenvalue weighted by Gasteiger charge is -2.12. The molecule has 0 unspecified atom stereocenters.